The van der Waals surface area contributed by atoms with Crippen LogP contribution in [0.4, 0.5) is 10.2 Å². The molecule has 6 heteroatoms. The molecule has 1 aromatic heterocycles. The van der Waals surface area contributed by atoms with Gasteiger partial charge in [-0.1, -0.05) is 32.0 Å². The average Bonchev–Trinajstić information content (AvgIpc) is 2.60. The first-order chi connectivity index (χ1) is 12.0. The molecule has 0 radical (unpaired) electrons. The van der Waals surface area contributed by atoms with Crippen molar-refractivity contribution in [3.63, 3.8) is 0 Å². The number of anilines is 1. The molecule has 0 aliphatic heterocycles. The molecule has 1 amide bonds. The fraction of sp³-hybridized carbons (Fsp3) is 0.421. The van der Waals surface area contributed by atoms with E-state index in [4.69, 9.17) is 0 Å². The maximum atomic E-state index is 13.7. The van der Waals surface area contributed by atoms with Crippen molar-refractivity contribution in [1.82, 2.24) is 14.9 Å². The minimum absolute atomic E-state index is 0.0943. The van der Waals surface area contributed by atoms with Gasteiger partial charge in [-0.3, -0.25) is 4.79 Å². The van der Waals surface area contributed by atoms with Crippen LogP contribution in [0.3, 0.4) is 0 Å². The summed E-state index contributed by atoms with van der Waals surface area (Å²) in [5.74, 6) is 0.666. The zero-order valence-corrected chi connectivity index (χ0v) is 15.1. The van der Waals surface area contributed by atoms with E-state index in [-0.39, 0.29) is 11.7 Å². The molecule has 0 aliphatic rings. The van der Waals surface area contributed by atoms with Crippen LogP contribution in [-0.2, 0) is 6.54 Å². The molecule has 0 aliphatic carbocycles. The molecule has 134 valence electrons. The van der Waals surface area contributed by atoms with Gasteiger partial charge in [-0.15, -0.1) is 0 Å². The van der Waals surface area contributed by atoms with E-state index in [2.05, 4.69) is 15.3 Å². The summed E-state index contributed by atoms with van der Waals surface area (Å²) < 4.78 is 13.7. The fourth-order valence-electron chi connectivity index (χ4n) is 2.61. The molecule has 0 unspecified atom stereocenters. The molecule has 1 aromatic carbocycles. The summed E-state index contributed by atoms with van der Waals surface area (Å²) in [5, 5.41) is 3.08. The van der Waals surface area contributed by atoms with E-state index in [1.54, 1.807) is 31.2 Å². The molecule has 0 fully saturated rings. The maximum absolute atomic E-state index is 13.7. The molecule has 25 heavy (non-hydrogen) atoms. The van der Waals surface area contributed by atoms with Crippen molar-refractivity contribution >= 4 is 11.7 Å². The molecule has 1 N–H and O–H groups in total. The molecule has 2 aromatic rings. The summed E-state index contributed by atoms with van der Waals surface area (Å²) in [5.41, 5.74) is 0.913. The number of rotatable bonds is 8. The molecule has 5 nitrogen and oxygen atoms in total. The molecule has 0 saturated carbocycles. The van der Waals surface area contributed by atoms with E-state index in [1.165, 1.54) is 6.07 Å². The minimum Gasteiger partial charge on any atom is -0.366 e. The Hall–Kier alpha value is -2.50. The lowest BCUT2D eigenvalue weighted by Crippen LogP contribution is -2.33. The SMILES string of the molecule is CCCN(CCC)C(=O)c1cc(NCc2ccccc2F)nc(C)n1. The van der Waals surface area contributed by atoms with Crippen molar-refractivity contribution in [2.45, 2.75) is 40.2 Å². The number of hydrogen-bond donors (Lipinski definition) is 1. The van der Waals surface area contributed by atoms with E-state index in [0.717, 1.165) is 12.8 Å². The van der Waals surface area contributed by atoms with Crippen LogP contribution < -0.4 is 5.32 Å². The number of nitrogens with zero attached hydrogens (tertiary/aromatic N) is 3. The summed E-state index contributed by atoms with van der Waals surface area (Å²) in [6.45, 7) is 7.53. The summed E-state index contributed by atoms with van der Waals surface area (Å²) >= 11 is 0. The van der Waals surface area contributed by atoms with Crippen molar-refractivity contribution in [3.05, 3.63) is 53.2 Å². The number of aromatic nitrogens is 2. The Morgan fingerprint density at radius 3 is 2.48 bits per heavy atom. The largest absolute Gasteiger partial charge is 0.366 e. The molecule has 0 spiro atoms. The summed E-state index contributed by atoms with van der Waals surface area (Å²) in [4.78, 5) is 23.1. The predicted molar refractivity (Wildman–Crippen MR) is 97.0 cm³/mol. The second kappa shape index (κ2) is 9.11. The second-order valence-corrected chi connectivity index (χ2v) is 5.92. The van der Waals surface area contributed by atoms with Gasteiger partial charge in [0.25, 0.3) is 5.91 Å². The fourth-order valence-corrected chi connectivity index (χ4v) is 2.61. The Labute approximate surface area is 148 Å². The van der Waals surface area contributed by atoms with Crippen LogP contribution in [0.1, 0.15) is 48.6 Å². The van der Waals surface area contributed by atoms with Crippen molar-refractivity contribution in [2.75, 3.05) is 18.4 Å². The van der Waals surface area contributed by atoms with Gasteiger partial charge in [-0.2, -0.15) is 0 Å². The Morgan fingerprint density at radius 1 is 1.16 bits per heavy atom. The Balaban J connectivity index is 2.16. The number of benzene rings is 1. The normalized spacial score (nSPS) is 10.6. The first kappa shape index (κ1) is 18.8. The van der Waals surface area contributed by atoms with Crippen LogP contribution in [0.25, 0.3) is 0 Å². The third kappa shape index (κ3) is 5.24. The van der Waals surface area contributed by atoms with Gasteiger partial charge in [0.2, 0.25) is 0 Å². The highest BCUT2D eigenvalue weighted by atomic mass is 19.1. The van der Waals surface area contributed by atoms with Gasteiger partial charge in [0.1, 0.15) is 23.2 Å². The van der Waals surface area contributed by atoms with E-state index in [1.807, 2.05) is 18.7 Å². The monoisotopic (exact) mass is 344 g/mol. The average molecular weight is 344 g/mol. The zero-order chi connectivity index (χ0) is 18.2. The van der Waals surface area contributed by atoms with E-state index in [0.29, 0.717) is 42.5 Å². The molecule has 0 saturated heterocycles. The van der Waals surface area contributed by atoms with Gasteiger partial charge in [-0.05, 0) is 25.8 Å². The highest BCUT2D eigenvalue weighted by molar-refractivity contribution is 5.93. The van der Waals surface area contributed by atoms with Gasteiger partial charge in [-0.25, -0.2) is 14.4 Å². The summed E-state index contributed by atoms with van der Waals surface area (Å²) in [6, 6.07) is 8.21. The molecule has 2 rings (SSSR count). The number of nitrogens with one attached hydrogen (secondary N) is 1. The Kier molecular flexibility index (Phi) is 6.86. The van der Waals surface area contributed by atoms with Gasteiger partial charge in [0.05, 0.1) is 0 Å². The summed E-state index contributed by atoms with van der Waals surface area (Å²) in [7, 11) is 0. The Bertz CT molecular complexity index is 714. The van der Waals surface area contributed by atoms with Crippen LogP contribution in [0.2, 0.25) is 0 Å². The van der Waals surface area contributed by atoms with Crippen LogP contribution in [-0.4, -0.2) is 33.9 Å². The highest BCUT2D eigenvalue weighted by Gasteiger charge is 2.17. The molecule has 0 atom stereocenters. The quantitative estimate of drug-likeness (QED) is 0.791. The summed E-state index contributed by atoms with van der Waals surface area (Å²) in [6.07, 6.45) is 1.79. The van der Waals surface area contributed by atoms with E-state index >= 15 is 0 Å². The lowest BCUT2D eigenvalue weighted by atomic mass is 10.2. The lowest BCUT2D eigenvalue weighted by Gasteiger charge is -2.21. The maximum Gasteiger partial charge on any atom is 0.272 e. The molecule has 1 heterocycles. The number of amides is 1. The number of carbonyl (C=O) groups excluding carboxylic acids is 1. The highest BCUT2D eigenvalue weighted by Crippen LogP contribution is 2.13. The predicted octanol–water partition coefficient (Wildman–Crippen LogP) is 3.80. The van der Waals surface area contributed by atoms with Crippen molar-refractivity contribution in [3.8, 4) is 0 Å². The first-order valence-corrected chi connectivity index (χ1v) is 8.67. The topological polar surface area (TPSA) is 58.1 Å². The number of aryl methyl sites for hydroxylation is 1. The van der Waals surface area contributed by atoms with Crippen LogP contribution in [0.5, 0.6) is 0 Å². The van der Waals surface area contributed by atoms with Gasteiger partial charge >= 0.3 is 0 Å². The second-order valence-electron chi connectivity index (χ2n) is 5.92. The van der Waals surface area contributed by atoms with Gasteiger partial charge in [0, 0.05) is 31.3 Å². The van der Waals surface area contributed by atoms with Crippen LogP contribution >= 0.6 is 0 Å². The van der Waals surface area contributed by atoms with Crippen molar-refractivity contribution < 1.29 is 9.18 Å². The smallest absolute Gasteiger partial charge is 0.272 e. The van der Waals surface area contributed by atoms with Crippen molar-refractivity contribution in [2.24, 2.45) is 0 Å². The van der Waals surface area contributed by atoms with Gasteiger partial charge < -0.3 is 10.2 Å². The van der Waals surface area contributed by atoms with Crippen molar-refractivity contribution in [1.29, 1.82) is 0 Å². The molecule has 0 bridgehead atoms. The first-order valence-electron chi connectivity index (χ1n) is 8.67. The van der Waals surface area contributed by atoms with E-state index in [9.17, 15) is 9.18 Å². The van der Waals surface area contributed by atoms with Gasteiger partial charge in [0.15, 0.2) is 0 Å². The lowest BCUT2D eigenvalue weighted by molar-refractivity contribution is 0.0749. The van der Waals surface area contributed by atoms with Crippen LogP contribution in [0.15, 0.2) is 30.3 Å². The number of carbonyl (C=O) groups is 1. The zero-order valence-electron chi connectivity index (χ0n) is 15.1. The van der Waals surface area contributed by atoms with E-state index < -0.39 is 0 Å². The minimum atomic E-state index is -0.269. The number of hydrogen-bond acceptors (Lipinski definition) is 4. The Morgan fingerprint density at radius 2 is 1.84 bits per heavy atom. The standard InChI is InChI=1S/C19H25FN4O/c1-4-10-24(11-5-2)19(25)17-12-18(23-14(3)22-17)21-13-15-8-6-7-9-16(15)20/h6-9,12H,4-5,10-11,13H2,1-3H3,(H,21,22,23). The molecular formula is C19H25FN4O. The third-order valence-electron chi connectivity index (χ3n) is 3.75. The van der Waals surface area contributed by atoms with Crippen LogP contribution in [0, 0.1) is 12.7 Å². The third-order valence-corrected chi connectivity index (χ3v) is 3.75. The number of halogens is 1. The molecular weight excluding hydrogens is 319 g/mol.